The molecule has 2 amide bonds. The molecule has 5 nitrogen and oxygen atoms in total. The topological polar surface area (TPSA) is 61.4 Å². The SMILES string of the molecule is O=C(CCCCl)Nc1ccc(N2CCCC2)c(C(=O)NCc2ccccc2)c1. The number of amides is 2. The van der Waals surface area contributed by atoms with Crippen molar-refractivity contribution in [2.75, 3.05) is 29.2 Å². The number of alkyl halides is 1. The number of nitrogens with zero attached hydrogens (tertiary/aromatic N) is 1. The van der Waals surface area contributed by atoms with E-state index >= 15 is 0 Å². The summed E-state index contributed by atoms with van der Waals surface area (Å²) in [4.78, 5) is 27.2. The van der Waals surface area contributed by atoms with E-state index in [-0.39, 0.29) is 11.8 Å². The van der Waals surface area contributed by atoms with Crippen molar-refractivity contribution in [2.24, 2.45) is 0 Å². The summed E-state index contributed by atoms with van der Waals surface area (Å²) in [6, 6.07) is 15.4. The van der Waals surface area contributed by atoms with Crippen LogP contribution in [0.4, 0.5) is 11.4 Å². The van der Waals surface area contributed by atoms with Gasteiger partial charge in [-0.15, -0.1) is 11.6 Å². The predicted molar refractivity (Wildman–Crippen MR) is 114 cm³/mol. The van der Waals surface area contributed by atoms with Crippen LogP contribution < -0.4 is 15.5 Å². The second-order valence-electron chi connectivity index (χ2n) is 6.94. The quantitative estimate of drug-likeness (QED) is 0.655. The molecule has 2 N–H and O–H groups in total. The normalized spacial score (nSPS) is 13.4. The van der Waals surface area contributed by atoms with Crippen molar-refractivity contribution in [3.05, 3.63) is 59.7 Å². The van der Waals surface area contributed by atoms with E-state index < -0.39 is 0 Å². The van der Waals surface area contributed by atoms with Gasteiger partial charge in [-0.3, -0.25) is 9.59 Å². The second kappa shape index (κ2) is 10.1. The van der Waals surface area contributed by atoms with E-state index in [2.05, 4.69) is 15.5 Å². The molecule has 0 unspecified atom stereocenters. The van der Waals surface area contributed by atoms with Gasteiger partial charge in [0.2, 0.25) is 5.91 Å². The molecule has 3 rings (SSSR count). The van der Waals surface area contributed by atoms with Crippen molar-refractivity contribution >= 4 is 34.8 Å². The number of carbonyl (C=O) groups excluding carboxylic acids is 2. The molecule has 6 heteroatoms. The summed E-state index contributed by atoms with van der Waals surface area (Å²) in [6.07, 6.45) is 3.25. The zero-order valence-corrected chi connectivity index (χ0v) is 16.7. The van der Waals surface area contributed by atoms with Crippen LogP contribution in [0, 0.1) is 0 Å². The molecule has 0 bridgehead atoms. The van der Waals surface area contributed by atoms with E-state index in [1.165, 1.54) is 0 Å². The summed E-state index contributed by atoms with van der Waals surface area (Å²) < 4.78 is 0. The molecule has 1 aliphatic rings. The number of hydrogen-bond acceptors (Lipinski definition) is 3. The zero-order valence-electron chi connectivity index (χ0n) is 15.9. The molecule has 0 aromatic heterocycles. The molecule has 1 saturated heterocycles. The van der Waals surface area contributed by atoms with E-state index in [0.717, 1.165) is 37.2 Å². The van der Waals surface area contributed by atoms with E-state index in [1.54, 1.807) is 6.07 Å². The van der Waals surface area contributed by atoms with Gasteiger partial charge in [-0.1, -0.05) is 30.3 Å². The molecule has 1 aliphatic heterocycles. The van der Waals surface area contributed by atoms with Crippen molar-refractivity contribution < 1.29 is 9.59 Å². The van der Waals surface area contributed by atoms with Gasteiger partial charge in [0, 0.05) is 43.3 Å². The Kier molecular flexibility index (Phi) is 7.31. The minimum Gasteiger partial charge on any atom is -0.371 e. The average molecular weight is 400 g/mol. The van der Waals surface area contributed by atoms with Gasteiger partial charge in [0.25, 0.3) is 5.91 Å². The number of halogens is 1. The van der Waals surface area contributed by atoms with Crippen LogP contribution in [0.5, 0.6) is 0 Å². The molecule has 0 aliphatic carbocycles. The lowest BCUT2D eigenvalue weighted by molar-refractivity contribution is -0.116. The van der Waals surface area contributed by atoms with Crippen molar-refractivity contribution in [1.29, 1.82) is 0 Å². The van der Waals surface area contributed by atoms with Crippen LogP contribution >= 0.6 is 11.6 Å². The lowest BCUT2D eigenvalue weighted by Gasteiger charge is -2.22. The molecule has 0 spiro atoms. The average Bonchev–Trinajstić information content (AvgIpc) is 3.26. The number of nitrogens with one attached hydrogen (secondary N) is 2. The van der Waals surface area contributed by atoms with Crippen LogP contribution in [0.2, 0.25) is 0 Å². The Morgan fingerprint density at radius 2 is 1.79 bits per heavy atom. The molecule has 1 fully saturated rings. The van der Waals surface area contributed by atoms with Crippen molar-refractivity contribution in [3.8, 4) is 0 Å². The monoisotopic (exact) mass is 399 g/mol. The highest BCUT2D eigenvalue weighted by Gasteiger charge is 2.20. The zero-order chi connectivity index (χ0) is 19.8. The van der Waals surface area contributed by atoms with Crippen LogP contribution in [0.3, 0.4) is 0 Å². The fourth-order valence-corrected chi connectivity index (χ4v) is 3.49. The first kappa shape index (κ1) is 20.2. The Balaban J connectivity index is 1.77. The van der Waals surface area contributed by atoms with Crippen LogP contribution in [-0.4, -0.2) is 30.8 Å². The highest BCUT2D eigenvalue weighted by molar-refractivity contribution is 6.18. The number of benzene rings is 2. The van der Waals surface area contributed by atoms with Gasteiger partial charge >= 0.3 is 0 Å². The van der Waals surface area contributed by atoms with E-state index in [0.29, 0.717) is 36.5 Å². The maximum Gasteiger partial charge on any atom is 0.253 e. The Morgan fingerprint density at radius 3 is 2.50 bits per heavy atom. The number of carbonyl (C=O) groups is 2. The van der Waals surface area contributed by atoms with Crippen LogP contribution in [0.1, 0.15) is 41.6 Å². The summed E-state index contributed by atoms with van der Waals surface area (Å²) >= 11 is 5.66. The number of rotatable bonds is 8. The first-order chi connectivity index (χ1) is 13.7. The first-order valence-corrected chi connectivity index (χ1v) is 10.3. The summed E-state index contributed by atoms with van der Waals surface area (Å²) in [5, 5.41) is 5.87. The summed E-state index contributed by atoms with van der Waals surface area (Å²) in [6.45, 7) is 2.35. The van der Waals surface area contributed by atoms with Gasteiger partial charge in [0.15, 0.2) is 0 Å². The van der Waals surface area contributed by atoms with Crippen LogP contribution in [-0.2, 0) is 11.3 Å². The molecular formula is C22H26ClN3O2. The third kappa shape index (κ3) is 5.49. The van der Waals surface area contributed by atoms with E-state index in [4.69, 9.17) is 11.6 Å². The van der Waals surface area contributed by atoms with Gasteiger partial charge in [-0.2, -0.15) is 0 Å². The fraction of sp³-hybridized carbons (Fsp3) is 0.364. The molecule has 28 heavy (non-hydrogen) atoms. The molecule has 2 aromatic carbocycles. The van der Waals surface area contributed by atoms with Crippen molar-refractivity contribution in [1.82, 2.24) is 5.32 Å². The van der Waals surface area contributed by atoms with Gasteiger partial charge in [-0.05, 0) is 43.0 Å². The third-order valence-corrected chi connectivity index (χ3v) is 5.07. The first-order valence-electron chi connectivity index (χ1n) is 9.74. The highest BCUT2D eigenvalue weighted by atomic mass is 35.5. The Labute approximate surface area is 171 Å². The largest absolute Gasteiger partial charge is 0.371 e. The predicted octanol–water partition coefficient (Wildman–Crippen LogP) is 4.17. The smallest absolute Gasteiger partial charge is 0.253 e. The van der Waals surface area contributed by atoms with Gasteiger partial charge in [0.05, 0.1) is 5.56 Å². The minimum absolute atomic E-state index is 0.0924. The van der Waals surface area contributed by atoms with Crippen molar-refractivity contribution in [2.45, 2.75) is 32.2 Å². The maximum atomic E-state index is 12.9. The second-order valence-corrected chi connectivity index (χ2v) is 7.31. The number of anilines is 2. The summed E-state index contributed by atoms with van der Waals surface area (Å²) in [7, 11) is 0. The lowest BCUT2D eigenvalue weighted by atomic mass is 10.1. The van der Waals surface area contributed by atoms with Crippen molar-refractivity contribution in [3.63, 3.8) is 0 Å². The summed E-state index contributed by atoms with van der Waals surface area (Å²) in [5.41, 5.74) is 3.19. The standard InChI is InChI=1S/C22H26ClN3O2/c23-12-6-9-21(27)25-18-10-11-20(26-13-4-5-14-26)19(15-18)22(28)24-16-17-7-2-1-3-8-17/h1-3,7-8,10-11,15H,4-6,9,12-14,16H2,(H,24,28)(H,25,27). The molecule has 2 aromatic rings. The van der Waals surface area contributed by atoms with Crippen LogP contribution in [0.25, 0.3) is 0 Å². The maximum absolute atomic E-state index is 12.9. The van der Waals surface area contributed by atoms with E-state index in [1.807, 2.05) is 42.5 Å². The number of hydrogen-bond donors (Lipinski definition) is 2. The van der Waals surface area contributed by atoms with Gasteiger partial charge in [0.1, 0.15) is 0 Å². The van der Waals surface area contributed by atoms with E-state index in [9.17, 15) is 9.59 Å². The highest BCUT2D eigenvalue weighted by Crippen LogP contribution is 2.28. The molecule has 1 heterocycles. The molecule has 0 saturated carbocycles. The Hall–Kier alpha value is -2.53. The van der Waals surface area contributed by atoms with Gasteiger partial charge < -0.3 is 15.5 Å². The van der Waals surface area contributed by atoms with Gasteiger partial charge in [-0.25, -0.2) is 0 Å². The minimum atomic E-state index is -0.136. The molecule has 0 atom stereocenters. The fourth-order valence-electron chi connectivity index (χ4n) is 3.35. The Morgan fingerprint density at radius 1 is 1.04 bits per heavy atom. The lowest BCUT2D eigenvalue weighted by Crippen LogP contribution is -2.27. The van der Waals surface area contributed by atoms with Crippen LogP contribution in [0.15, 0.2) is 48.5 Å². The molecular weight excluding hydrogens is 374 g/mol. The Bertz CT molecular complexity index is 805. The molecule has 148 valence electrons. The summed E-state index contributed by atoms with van der Waals surface area (Å²) in [5.74, 6) is 0.224. The molecule has 0 radical (unpaired) electrons. The third-order valence-electron chi connectivity index (χ3n) is 4.81.